The molecule has 1 heterocycles. The molecule has 0 aromatic carbocycles. The maximum absolute atomic E-state index is 11.9. The van der Waals surface area contributed by atoms with Gasteiger partial charge in [0.15, 0.2) is 0 Å². The molecule has 19 heavy (non-hydrogen) atoms. The van der Waals surface area contributed by atoms with Crippen molar-refractivity contribution < 1.29 is 8.42 Å². The van der Waals surface area contributed by atoms with Crippen molar-refractivity contribution in [1.82, 2.24) is 24.1 Å². The van der Waals surface area contributed by atoms with E-state index < -0.39 is 10.2 Å². The summed E-state index contributed by atoms with van der Waals surface area (Å²) in [6, 6.07) is 0. The Balaban J connectivity index is 2.33. The Kier molecular flexibility index (Phi) is 6.43. The largest absolute Gasteiger partial charge is 0.320 e. The first kappa shape index (κ1) is 16.1. The van der Waals surface area contributed by atoms with Gasteiger partial charge in [0.05, 0.1) is 6.20 Å². The quantitative estimate of drug-likeness (QED) is 0.592. The lowest BCUT2D eigenvalue weighted by Crippen LogP contribution is -2.40. The summed E-state index contributed by atoms with van der Waals surface area (Å²) in [6.45, 7) is 1.68. The molecule has 2 N–H and O–H groups in total. The van der Waals surface area contributed by atoms with E-state index in [1.165, 1.54) is 4.31 Å². The number of hydrogen-bond acceptors (Lipinski definition) is 4. The van der Waals surface area contributed by atoms with Crippen LogP contribution in [0.2, 0.25) is 0 Å². The zero-order valence-corrected chi connectivity index (χ0v) is 12.6. The lowest BCUT2D eigenvalue weighted by Gasteiger charge is -2.17. The fraction of sp³-hybridized carbons (Fsp3) is 0.727. The number of nitrogens with one attached hydrogen (secondary N) is 2. The van der Waals surface area contributed by atoms with E-state index in [-0.39, 0.29) is 0 Å². The summed E-state index contributed by atoms with van der Waals surface area (Å²) >= 11 is 0. The Labute approximate surface area is 115 Å². The van der Waals surface area contributed by atoms with Crippen LogP contribution in [0.25, 0.3) is 0 Å². The second-order valence-corrected chi connectivity index (χ2v) is 6.31. The molecule has 0 amide bonds. The van der Waals surface area contributed by atoms with Gasteiger partial charge in [0.2, 0.25) is 0 Å². The van der Waals surface area contributed by atoms with Crippen molar-refractivity contribution in [3.8, 4) is 0 Å². The molecular formula is C11H23N5O2S. The van der Waals surface area contributed by atoms with E-state index in [0.717, 1.165) is 18.5 Å². The molecule has 8 heteroatoms. The zero-order chi connectivity index (χ0) is 14.3. The summed E-state index contributed by atoms with van der Waals surface area (Å²) in [5, 5.41) is 7.03. The third-order valence-electron chi connectivity index (χ3n) is 2.77. The van der Waals surface area contributed by atoms with Gasteiger partial charge in [-0.15, -0.1) is 0 Å². The van der Waals surface area contributed by atoms with E-state index in [0.29, 0.717) is 19.5 Å². The van der Waals surface area contributed by atoms with Crippen LogP contribution in [0.4, 0.5) is 0 Å². The van der Waals surface area contributed by atoms with Gasteiger partial charge in [0.25, 0.3) is 10.2 Å². The minimum Gasteiger partial charge on any atom is -0.320 e. The molecule has 0 bridgehead atoms. The van der Waals surface area contributed by atoms with Gasteiger partial charge in [0, 0.05) is 33.4 Å². The van der Waals surface area contributed by atoms with Gasteiger partial charge in [0.1, 0.15) is 0 Å². The van der Waals surface area contributed by atoms with Crippen LogP contribution in [0, 0.1) is 0 Å². The molecule has 7 nitrogen and oxygen atoms in total. The smallest absolute Gasteiger partial charge is 0.279 e. The number of aryl methyl sites for hydroxylation is 1. The SMILES string of the molecule is CNCCCN(C)S(=O)(=O)NCCc1cnn(C)c1. The summed E-state index contributed by atoms with van der Waals surface area (Å²) in [5.41, 5.74) is 1.02. The molecule has 1 aromatic heterocycles. The van der Waals surface area contributed by atoms with Crippen LogP contribution in [0.1, 0.15) is 12.0 Å². The predicted octanol–water partition coefficient (Wildman–Crippen LogP) is -0.662. The van der Waals surface area contributed by atoms with Crippen molar-refractivity contribution in [2.45, 2.75) is 12.8 Å². The van der Waals surface area contributed by atoms with Gasteiger partial charge in [-0.05, 0) is 32.0 Å². The van der Waals surface area contributed by atoms with Crippen molar-refractivity contribution >= 4 is 10.2 Å². The molecule has 1 rings (SSSR count). The fourth-order valence-electron chi connectivity index (χ4n) is 1.63. The second-order valence-electron chi connectivity index (χ2n) is 4.45. The Morgan fingerprint density at radius 1 is 1.42 bits per heavy atom. The van der Waals surface area contributed by atoms with Crippen molar-refractivity contribution in [2.24, 2.45) is 7.05 Å². The summed E-state index contributed by atoms with van der Waals surface area (Å²) in [4.78, 5) is 0. The third kappa shape index (κ3) is 5.68. The monoisotopic (exact) mass is 289 g/mol. The van der Waals surface area contributed by atoms with Crippen LogP contribution >= 0.6 is 0 Å². The number of aromatic nitrogens is 2. The average molecular weight is 289 g/mol. The van der Waals surface area contributed by atoms with E-state index in [1.807, 2.05) is 20.3 Å². The highest BCUT2D eigenvalue weighted by molar-refractivity contribution is 7.87. The van der Waals surface area contributed by atoms with Crippen molar-refractivity contribution in [2.75, 3.05) is 33.7 Å². The first-order chi connectivity index (χ1) is 8.95. The molecule has 0 saturated carbocycles. The summed E-state index contributed by atoms with van der Waals surface area (Å²) < 4.78 is 29.4. The van der Waals surface area contributed by atoms with Crippen molar-refractivity contribution in [1.29, 1.82) is 0 Å². The number of hydrogen-bond donors (Lipinski definition) is 2. The summed E-state index contributed by atoms with van der Waals surface area (Å²) in [5.74, 6) is 0. The van der Waals surface area contributed by atoms with E-state index in [9.17, 15) is 8.42 Å². The molecule has 0 aliphatic heterocycles. The maximum Gasteiger partial charge on any atom is 0.279 e. The second kappa shape index (κ2) is 7.59. The topological polar surface area (TPSA) is 79.3 Å². The van der Waals surface area contributed by atoms with E-state index >= 15 is 0 Å². The Morgan fingerprint density at radius 2 is 2.16 bits per heavy atom. The summed E-state index contributed by atoms with van der Waals surface area (Å²) in [6.07, 6.45) is 5.05. The number of rotatable bonds is 9. The van der Waals surface area contributed by atoms with Gasteiger partial charge in [-0.25, -0.2) is 4.72 Å². The number of nitrogens with zero attached hydrogens (tertiary/aromatic N) is 3. The van der Waals surface area contributed by atoms with Gasteiger partial charge >= 0.3 is 0 Å². The van der Waals surface area contributed by atoms with E-state index in [4.69, 9.17) is 0 Å². The lowest BCUT2D eigenvalue weighted by atomic mass is 10.3. The highest BCUT2D eigenvalue weighted by Gasteiger charge is 2.15. The molecule has 0 unspecified atom stereocenters. The minimum absolute atomic E-state index is 0.379. The van der Waals surface area contributed by atoms with Crippen LogP contribution in [0.5, 0.6) is 0 Å². The Hall–Kier alpha value is -0.960. The minimum atomic E-state index is -3.38. The first-order valence-corrected chi connectivity index (χ1v) is 7.73. The molecule has 110 valence electrons. The van der Waals surface area contributed by atoms with E-state index in [1.54, 1.807) is 17.9 Å². The highest BCUT2D eigenvalue weighted by atomic mass is 32.2. The molecule has 0 radical (unpaired) electrons. The Morgan fingerprint density at radius 3 is 2.74 bits per heavy atom. The van der Waals surface area contributed by atoms with Crippen LogP contribution in [0.3, 0.4) is 0 Å². The molecule has 0 saturated heterocycles. The van der Waals surface area contributed by atoms with Crippen LogP contribution in [0.15, 0.2) is 12.4 Å². The maximum atomic E-state index is 11.9. The van der Waals surface area contributed by atoms with Crippen molar-refractivity contribution in [3.63, 3.8) is 0 Å². The molecule has 0 spiro atoms. The molecule has 1 aromatic rings. The predicted molar refractivity (Wildman–Crippen MR) is 75.0 cm³/mol. The molecule has 0 atom stereocenters. The normalized spacial score (nSPS) is 12.2. The lowest BCUT2D eigenvalue weighted by molar-refractivity contribution is 0.448. The zero-order valence-electron chi connectivity index (χ0n) is 11.8. The summed E-state index contributed by atoms with van der Waals surface area (Å²) in [7, 11) is 1.89. The van der Waals surface area contributed by atoms with Crippen LogP contribution < -0.4 is 10.0 Å². The van der Waals surface area contributed by atoms with Crippen LogP contribution in [-0.4, -0.2) is 56.2 Å². The highest BCUT2D eigenvalue weighted by Crippen LogP contribution is 1.99. The standard InChI is InChI=1S/C11H23N5O2S/c1-12-6-4-8-16(3)19(17,18)14-7-5-11-9-13-15(2)10-11/h9-10,12,14H,4-8H2,1-3H3. The third-order valence-corrected chi connectivity index (χ3v) is 4.34. The molecule has 0 aliphatic carbocycles. The molecule has 0 aliphatic rings. The van der Waals surface area contributed by atoms with Crippen LogP contribution in [-0.2, 0) is 23.7 Å². The molecular weight excluding hydrogens is 266 g/mol. The van der Waals surface area contributed by atoms with Gasteiger partial charge < -0.3 is 5.32 Å². The first-order valence-electron chi connectivity index (χ1n) is 6.29. The van der Waals surface area contributed by atoms with Gasteiger partial charge in [-0.1, -0.05) is 0 Å². The van der Waals surface area contributed by atoms with E-state index in [2.05, 4.69) is 15.1 Å². The Bertz CT molecular complexity index is 471. The van der Waals surface area contributed by atoms with Crippen molar-refractivity contribution in [3.05, 3.63) is 18.0 Å². The average Bonchev–Trinajstić information content (AvgIpc) is 2.75. The molecule has 0 fully saturated rings. The van der Waals surface area contributed by atoms with Gasteiger partial charge in [-0.3, -0.25) is 4.68 Å². The fourth-order valence-corrected chi connectivity index (χ4v) is 2.58. The van der Waals surface area contributed by atoms with Gasteiger partial charge in [-0.2, -0.15) is 17.8 Å².